The monoisotopic (exact) mass is 393 g/mol. The molecule has 2 amide bonds. The molecule has 1 aromatic heterocycles. The van der Waals surface area contributed by atoms with Crippen LogP contribution in [0.5, 0.6) is 0 Å². The van der Waals surface area contributed by atoms with Gasteiger partial charge in [-0.1, -0.05) is 24.3 Å². The van der Waals surface area contributed by atoms with Crippen molar-refractivity contribution in [3.8, 4) is 5.69 Å². The van der Waals surface area contributed by atoms with E-state index in [1.807, 2.05) is 48.9 Å². The number of nitro groups is 1. The molecular formula is C21H23N5O3. The Morgan fingerprint density at radius 1 is 1.17 bits per heavy atom. The Bertz CT molecular complexity index is 986. The summed E-state index contributed by atoms with van der Waals surface area (Å²) in [7, 11) is 1.67. The molecule has 2 aromatic carbocycles. The number of imidazole rings is 1. The van der Waals surface area contributed by atoms with Crippen molar-refractivity contribution in [2.24, 2.45) is 0 Å². The van der Waals surface area contributed by atoms with Crippen LogP contribution in [0.1, 0.15) is 37.1 Å². The van der Waals surface area contributed by atoms with Crippen LogP contribution in [-0.4, -0.2) is 32.5 Å². The SMILES string of the molecule is CC(NC(=O)N(C)C(C)c1cccc([N+](=O)[O-])c1)c1ccc(-n2ccnc2)cc1. The van der Waals surface area contributed by atoms with Gasteiger partial charge in [0.2, 0.25) is 0 Å². The topological polar surface area (TPSA) is 93.3 Å². The predicted molar refractivity (Wildman–Crippen MR) is 110 cm³/mol. The second-order valence-corrected chi connectivity index (χ2v) is 6.87. The van der Waals surface area contributed by atoms with Gasteiger partial charge in [-0.05, 0) is 37.1 Å². The minimum atomic E-state index is -0.439. The minimum Gasteiger partial charge on any atom is -0.331 e. The number of hydrogen-bond acceptors (Lipinski definition) is 4. The first-order chi connectivity index (χ1) is 13.9. The van der Waals surface area contributed by atoms with Gasteiger partial charge in [-0.2, -0.15) is 0 Å². The number of carbonyl (C=O) groups excluding carboxylic acids is 1. The van der Waals surface area contributed by atoms with Gasteiger partial charge in [-0.25, -0.2) is 9.78 Å². The lowest BCUT2D eigenvalue weighted by Crippen LogP contribution is -2.39. The number of carbonyl (C=O) groups is 1. The highest BCUT2D eigenvalue weighted by Crippen LogP contribution is 2.24. The maximum atomic E-state index is 12.7. The molecule has 0 bridgehead atoms. The number of rotatable bonds is 6. The summed E-state index contributed by atoms with van der Waals surface area (Å²) in [4.78, 5) is 28.8. The van der Waals surface area contributed by atoms with Gasteiger partial charge in [0, 0.05) is 37.3 Å². The molecule has 0 fully saturated rings. The quantitative estimate of drug-likeness (QED) is 0.501. The van der Waals surface area contributed by atoms with E-state index in [9.17, 15) is 14.9 Å². The molecule has 0 aliphatic heterocycles. The van der Waals surface area contributed by atoms with Crippen molar-refractivity contribution in [1.29, 1.82) is 0 Å². The van der Waals surface area contributed by atoms with Crippen molar-refractivity contribution >= 4 is 11.7 Å². The first kappa shape index (κ1) is 20.1. The number of benzene rings is 2. The van der Waals surface area contributed by atoms with Gasteiger partial charge < -0.3 is 14.8 Å². The Balaban J connectivity index is 1.65. The summed E-state index contributed by atoms with van der Waals surface area (Å²) in [5, 5.41) is 14.0. The number of nitrogens with zero attached hydrogens (tertiary/aromatic N) is 4. The second kappa shape index (κ2) is 8.55. The zero-order chi connectivity index (χ0) is 21.0. The largest absolute Gasteiger partial charge is 0.331 e. The maximum Gasteiger partial charge on any atom is 0.318 e. The van der Waals surface area contributed by atoms with E-state index in [1.165, 1.54) is 17.0 Å². The summed E-state index contributed by atoms with van der Waals surface area (Å²) in [5.74, 6) is 0. The fraction of sp³-hybridized carbons (Fsp3) is 0.238. The van der Waals surface area contributed by atoms with Crippen molar-refractivity contribution in [3.05, 3.63) is 88.5 Å². The smallest absolute Gasteiger partial charge is 0.318 e. The number of non-ortho nitro benzene ring substituents is 1. The summed E-state index contributed by atoms with van der Waals surface area (Å²) in [6.07, 6.45) is 5.31. The van der Waals surface area contributed by atoms with Crippen molar-refractivity contribution < 1.29 is 9.72 Å². The number of amides is 2. The van der Waals surface area contributed by atoms with E-state index < -0.39 is 4.92 Å². The highest BCUT2D eigenvalue weighted by Gasteiger charge is 2.21. The molecule has 8 nitrogen and oxygen atoms in total. The first-order valence-corrected chi connectivity index (χ1v) is 9.23. The summed E-state index contributed by atoms with van der Waals surface area (Å²) in [5.41, 5.74) is 2.67. The van der Waals surface area contributed by atoms with Crippen LogP contribution in [-0.2, 0) is 0 Å². The number of nitro benzene ring substituents is 1. The van der Waals surface area contributed by atoms with Crippen LogP contribution in [0.2, 0.25) is 0 Å². The van der Waals surface area contributed by atoms with Gasteiger partial charge in [-0.3, -0.25) is 10.1 Å². The Hall–Kier alpha value is -3.68. The predicted octanol–water partition coefficient (Wildman–Crippen LogP) is 4.24. The summed E-state index contributed by atoms with van der Waals surface area (Å²) in [6.45, 7) is 3.75. The van der Waals surface area contributed by atoms with E-state index in [0.717, 1.165) is 11.3 Å². The van der Waals surface area contributed by atoms with Crippen molar-refractivity contribution in [3.63, 3.8) is 0 Å². The lowest BCUT2D eigenvalue weighted by molar-refractivity contribution is -0.384. The normalized spacial score (nSPS) is 12.8. The molecule has 2 atom stereocenters. The average Bonchev–Trinajstić information content (AvgIpc) is 3.27. The van der Waals surface area contributed by atoms with Gasteiger partial charge in [-0.15, -0.1) is 0 Å². The van der Waals surface area contributed by atoms with Crippen LogP contribution in [0.4, 0.5) is 10.5 Å². The molecule has 0 saturated heterocycles. The molecule has 1 N–H and O–H groups in total. The van der Waals surface area contributed by atoms with Crippen LogP contribution in [0, 0.1) is 10.1 Å². The van der Waals surface area contributed by atoms with Gasteiger partial charge >= 0.3 is 6.03 Å². The van der Waals surface area contributed by atoms with Crippen LogP contribution < -0.4 is 5.32 Å². The third kappa shape index (κ3) is 4.60. The molecule has 3 aromatic rings. The van der Waals surface area contributed by atoms with Crippen LogP contribution >= 0.6 is 0 Å². The van der Waals surface area contributed by atoms with Gasteiger partial charge in [0.25, 0.3) is 5.69 Å². The van der Waals surface area contributed by atoms with Crippen LogP contribution in [0.25, 0.3) is 5.69 Å². The maximum absolute atomic E-state index is 12.7. The van der Waals surface area contributed by atoms with E-state index in [4.69, 9.17) is 0 Å². The third-order valence-electron chi connectivity index (χ3n) is 5.00. The lowest BCUT2D eigenvalue weighted by Gasteiger charge is -2.27. The Labute approximate surface area is 168 Å². The molecule has 0 spiro atoms. The Kier molecular flexibility index (Phi) is 5.92. The molecule has 0 saturated carbocycles. The van der Waals surface area contributed by atoms with Crippen molar-refractivity contribution in [1.82, 2.24) is 19.8 Å². The van der Waals surface area contributed by atoms with E-state index in [-0.39, 0.29) is 23.8 Å². The average molecular weight is 393 g/mol. The molecule has 29 heavy (non-hydrogen) atoms. The Morgan fingerprint density at radius 2 is 1.90 bits per heavy atom. The van der Waals surface area contributed by atoms with E-state index in [0.29, 0.717) is 5.56 Å². The van der Waals surface area contributed by atoms with E-state index in [2.05, 4.69) is 10.3 Å². The van der Waals surface area contributed by atoms with Gasteiger partial charge in [0.15, 0.2) is 0 Å². The highest BCUT2D eigenvalue weighted by atomic mass is 16.6. The molecule has 8 heteroatoms. The molecule has 0 aliphatic carbocycles. The molecule has 3 rings (SSSR count). The second-order valence-electron chi connectivity index (χ2n) is 6.87. The Morgan fingerprint density at radius 3 is 2.52 bits per heavy atom. The van der Waals surface area contributed by atoms with Gasteiger partial charge in [0.1, 0.15) is 0 Å². The standard InChI is InChI=1S/C21H23N5O3/c1-15(17-7-9-19(10-8-17)25-12-11-22-14-25)23-21(27)24(3)16(2)18-5-4-6-20(13-18)26(28)29/h4-16H,1-3H3,(H,23,27). The van der Waals surface area contributed by atoms with Crippen molar-refractivity contribution in [2.45, 2.75) is 25.9 Å². The van der Waals surface area contributed by atoms with Gasteiger partial charge in [0.05, 0.1) is 23.3 Å². The minimum absolute atomic E-state index is 0.00880. The number of hydrogen-bond donors (Lipinski definition) is 1. The molecule has 0 aliphatic rings. The van der Waals surface area contributed by atoms with E-state index in [1.54, 1.807) is 31.7 Å². The first-order valence-electron chi connectivity index (χ1n) is 9.23. The highest BCUT2D eigenvalue weighted by molar-refractivity contribution is 5.75. The molecular weight excluding hydrogens is 370 g/mol. The third-order valence-corrected chi connectivity index (χ3v) is 5.00. The van der Waals surface area contributed by atoms with Crippen LogP contribution in [0.3, 0.4) is 0 Å². The fourth-order valence-corrected chi connectivity index (χ4v) is 3.02. The molecule has 2 unspecified atom stereocenters. The molecule has 150 valence electrons. The summed E-state index contributed by atoms with van der Waals surface area (Å²) < 4.78 is 1.90. The number of nitrogens with one attached hydrogen (secondary N) is 1. The summed E-state index contributed by atoms with van der Waals surface area (Å²) in [6, 6.07) is 13.4. The fourth-order valence-electron chi connectivity index (χ4n) is 3.02. The molecule has 0 radical (unpaired) electrons. The number of urea groups is 1. The summed E-state index contributed by atoms with van der Waals surface area (Å²) >= 11 is 0. The number of aromatic nitrogens is 2. The van der Waals surface area contributed by atoms with Crippen LogP contribution in [0.15, 0.2) is 67.3 Å². The molecule has 1 heterocycles. The zero-order valence-corrected chi connectivity index (χ0v) is 16.5. The van der Waals surface area contributed by atoms with Crippen molar-refractivity contribution in [2.75, 3.05) is 7.05 Å². The zero-order valence-electron chi connectivity index (χ0n) is 16.5. The lowest BCUT2D eigenvalue weighted by atomic mass is 10.1. The van der Waals surface area contributed by atoms with E-state index >= 15 is 0 Å².